The molecule has 0 spiro atoms. The molecule has 0 aromatic heterocycles. The van der Waals surface area contributed by atoms with Gasteiger partial charge in [-0.1, -0.05) is 19.4 Å². The van der Waals surface area contributed by atoms with Crippen molar-refractivity contribution in [2.75, 3.05) is 6.61 Å². The summed E-state index contributed by atoms with van der Waals surface area (Å²) in [5.74, 6) is -1.21. The van der Waals surface area contributed by atoms with E-state index in [1.807, 2.05) is 6.92 Å². The third kappa shape index (κ3) is 7.18. The Labute approximate surface area is 152 Å². The molecule has 0 heterocycles. The van der Waals surface area contributed by atoms with Gasteiger partial charge in [0.1, 0.15) is 18.2 Å². The number of phenolic OH excluding ortho intramolecular Hbond substituents is 2. The van der Waals surface area contributed by atoms with Crippen LogP contribution in [0.4, 0.5) is 4.79 Å². The molecule has 26 heavy (non-hydrogen) atoms. The van der Waals surface area contributed by atoms with E-state index < -0.39 is 30.4 Å². The van der Waals surface area contributed by atoms with Gasteiger partial charge in [0.25, 0.3) is 0 Å². The molecular weight excluding hydrogens is 342 g/mol. The monoisotopic (exact) mass is 369 g/mol. The summed E-state index contributed by atoms with van der Waals surface area (Å²) in [5.41, 5.74) is 6.39. The minimum Gasteiger partial charge on any atom is -0.504 e. The summed E-state index contributed by atoms with van der Waals surface area (Å²) in [6.45, 7) is 5.42. The van der Waals surface area contributed by atoms with Crippen molar-refractivity contribution in [3.8, 4) is 11.5 Å². The van der Waals surface area contributed by atoms with Crippen molar-refractivity contribution in [3.63, 3.8) is 0 Å². The van der Waals surface area contributed by atoms with Crippen molar-refractivity contribution in [2.45, 2.75) is 58.3 Å². The Kier molecular flexibility index (Phi) is 8.71. The van der Waals surface area contributed by atoms with Gasteiger partial charge in [0.2, 0.25) is 0 Å². The van der Waals surface area contributed by atoms with E-state index in [0.717, 1.165) is 12.8 Å². The first-order valence-corrected chi connectivity index (χ1v) is 8.54. The second-order valence-electron chi connectivity index (χ2n) is 6.05. The summed E-state index contributed by atoms with van der Waals surface area (Å²) in [6, 6.07) is 3.21. The van der Waals surface area contributed by atoms with Gasteiger partial charge in [0.15, 0.2) is 11.5 Å². The number of hydrogen-bond acceptors (Lipinski definition) is 8. The van der Waals surface area contributed by atoms with Gasteiger partial charge >= 0.3 is 12.1 Å². The number of phenols is 2. The minimum atomic E-state index is -0.968. The van der Waals surface area contributed by atoms with E-state index in [0.29, 0.717) is 5.56 Å². The van der Waals surface area contributed by atoms with Crippen molar-refractivity contribution in [1.82, 2.24) is 0 Å². The Morgan fingerprint density at radius 1 is 1.12 bits per heavy atom. The molecule has 0 fully saturated rings. The van der Waals surface area contributed by atoms with Gasteiger partial charge in [0, 0.05) is 0 Å². The van der Waals surface area contributed by atoms with Crippen molar-refractivity contribution >= 4 is 12.1 Å². The molecular formula is C18H27NO7. The molecule has 1 aromatic rings. The highest BCUT2D eigenvalue weighted by atomic mass is 16.7. The summed E-state index contributed by atoms with van der Waals surface area (Å²) >= 11 is 0. The SMILES string of the molecule is CCCCOC(=O)O[C@H](C)[C@H](C)OC(=O)[C@@H](N)Cc1ccc(O)c(O)c1. The number of aromatic hydroxyl groups is 2. The number of nitrogens with two attached hydrogens (primary N) is 1. The molecule has 0 unspecified atom stereocenters. The number of esters is 1. The molecule has 0 aliphatic heterocycles. The molecule has 0 saturated carbocycles. The van der Waals surface area contributed by atoms with E-state index in [2.05, 4.69) is 0 Å². The van der Waals surface area contributed by atoms with E-state index in [9.17, 15) is 19.8 Å². The maximum absolute atomic E-state index is 12.1. The van der Waals surface area contributed by atoms with Crippen LogP contribution in [-0.2, 0) is 25.4 Å². The number of rotatable bonds is 9. The normalized spacial score (nSPS) is 14.2. The Balaban J connectivity index is 2.46. The third-order valence-electron chi connectivity index (χ3n) is 3.76. The van der Waals surface area contributed by atoms with E-state index >= 15 is 0 Å². The second kappa shape index (κ2) is 10.5. The average Bonchev–Trinajstić information content (AvgIpc) is 2.58. The van der Waals surface area contributed by atoms with Gasteiger partial charge in [-0.05, 0) is 44.4 Å². The van der Waals surface area contributed by atoms with E-state index in [1.54, 1.807) is 19.9 Å². The first kappa shape index (κ1) is 21.6. The first-order chi connectivity index (χ1) is 12.2. The van der Waals surface area contributed by atoms with Gasteiger partial charge in [-0.2, -0.15) is 0 Å². The number of hydrogen-bond donors (Lipinski definition) is 3. The predicted octanol–water partition coefficient (Wildman–Crippen LogP) is 2.24. The molecule has 8 nitrogen and oxygen atoms in total. The Morgan fingerprint density at radius 3 is 2.38 bits per heavy atom. The van der Waals surface area contributed by atoms with Gasteiger partial charge in [-0.25, -0.2) is 4.79 Å². The van der Waals surface area contributed by atoms with E-state index in [1.165, 1.54) is 12.1 Å². The molecule has 146 valence electrons. The van der Waals surface area contributed by atoms with E-state index in [4.69, 9.17) is 19.9 Å². The molecule has 0 bridgehead atoms. The van der Waals surface area contributed by atoms with Gasteiger partial charge in [-0.15, -0.1) is 0 Å². The van der Waals surface area contributed by atoms with Crippen molar-refractivity contribution in [3.05, 3.63) is 23.8 Å². The zero-order valence-corrected chi connectivity index (χ0v) is 15.3. The molecule has 1 aromatic carbocycles. The van der Waals surface area contributed by atoms with Gasteiger partial charge < -0.3 is 30.2 Å². The highest BCUT2D eigenvalue weighted by Crippen LogP contribution is 2.25. The molecule has 1 rings (SSSR count). The van der Waals surface area contributed by atoms with Crippen LogP contribution in [0.2, 0.25) is 0 Å². The van der Waals surface area contributed by atoms with Gasteiger partial charge in [-0.3, -0.25) is 4.79 Å². The number of ether oxygens (including phenoxy) is 3. The molecule has 0 aliphatic carbocycles. The van der Waals surface area contributed by atoms with Crippen molar-refractivity contribution in [2.24, 2.45) is 5.73 Å². The first-order valence-electron chi connectivity index (χ1n) is 8.54. The van der Waals surface area contributed by atoms with Crippen molar-refractivity contribution < 1.29 is 34.0 Å². The standard InChI is InChI=1S/C18H27NO7/c1-4-5-8-24-18(23)26-12(3)11(2)25-17(22)14(19)9-13-6-7-15(20)16(21)10-13/h6-7,10-12,14,20-21H,4-5,8-9,19H2,1-3H3/t11-,12+,14-/m0/s1. The smallest absolute Gasteiger partial charge is 0.504 e. The largest absolute Gasteiger partial charge is 0.508 e. The Bertz CT molecular complexity index is 605. The third-order valence-corrected chi connectivity index (χ3v) is 3.76. The average molecular weight is 369 g/mol. The van der Waals surface area contributed by atoms with Crippen LogP contribution in [0.3, 0.4) is 0 Å². The predicted molar refractivity (Wildman–Crippen MR) is 93.8 cm³/mol. The van der Waals surface area contributed by atoms with Gasteiger partial charge in [0.05, 0.1) is 6.61 Å². The lowest BCUT2D eigenvalue weighted by molar-refractivity contribution is -0.155. The number of unbranched alkanes of at least 4 members (excludes halogenated alkanes) is 1. The van der Waals surface area contributed by atoms with Crippen LogP contribution in [0, 0.1) is 0 Å². The number of carbonyl (C=O) groups excluding carboxylic acids is 2. The van der Waals surface area contributed by atoms with Crippen molar-refractivity contribution in [1.29, 1.82) is 0 Å². The fourth-order valence-corrected chi connectivity index (χ4v) is 1.98. The topological polar surface area (TPSA) is 128 Å². The fraction of sp³-hybridized carbons (Fsp3) is 0.556. The lowest BCUT2D eigenvalue weighted by Gasteiger charge is -2.22. The van der Waals surface area contributed by atoms with Crippen LogP contribution in [0.15, 0.2) is 18.2 Å². The van der Waals surface area contributed by atoms with Crippen LogP contribution >= 0.6 is 0 Å². The molecule has 3 atom stereocenters. The zero-order chi connectivity index (χ0) is 19.7. The maximum Gasteiger partial charge on any atom is 0.508 e. The molecule has 0 saturated heterocycles. The second-order valence-corrected chi connectivity index (χ2v) is 6.05. The quantitative estimate of drug-likeness (QED) is 0.343. The van der Waals surface area contributed by atoms with E-state index in [-0.39, 0.29) is 24.5 Å². The summed E-state index contributed by atoms with van der Waals surface area (Å²) in [6.07, 6.45) is -0.451. The summed E-state index contributed by atoms with van der Waals surface area (Å²) in [5, 5.41) is 18.7. The molecule has 4 N–H and O–H groups in total. The lowest BCUT2D eigenvalue weighted by Crippen LogP contribution is -2.39. The van der Waals surface area contributed by atoms with Crippen LogP contribution in [0.5, 0.6) is 11.5 Å². The maximum atomic E-state index is 12.1. The number of carbonyl (C=O) groups is 2. The Morgan fingerprint density at radius 2 is 1.77 bits per heavy atom. The highest BCUT2D eigenvalue weighted by Gasteiger charge is 2.24. The summed E-state index contributed by atoms with van der Waals surface area (Å²) in [7, 11) is 0. The lowest BCUT2D eigenvalue weighted by atomic mass is 10.1. The summed E-state index contributed by atoms with van der Waals surface area (Å²) in [4.78, 5) is 23.6. The molecule has 0 aliphatic rings. The van der Waals surface area contributed by atoms with Crippen LogP contribution in [0.25, 0.3) is 0 Å². The Hall–Kier alpha value is -2.48. The van der Waals surface area contributed by atoms with Crippen LogP contribution < -0.4 is 5.73 Å². The zero-order valence-electron chi connectivity index (χ0n) is 15.3. The summed E-state index contributed by atoms with van der Waals surface area (Å²) < 4.78 is 15.1. The molecule has 0 radical (unpaired) electrons. The van der Waals surface area contributed by atoms with Crippen LogP contribution in [0.1, 0.15) is 39.2 Å². The molecule has 8 heteroatoms. The fourth-order valence-electron chi connectivity index (χ4n) is 1.98. The molecule has 0 amide bonds. The highest BCUT2D eigenvalue weighted by molar-refractivity contribution is 5.76. The van der Waals surface area contributed by atoms with Crippen LogP contribution in [-0.4, -0.2) is 47.2 Å². The number of benzene rings is 1. The minimum absolute atomic E-state index is 0.119.